The number of ether oxygens (including phenoxy) is 1. The van der Waals surface area contributed by atoms with Crippen molar-refractivity contribution in [2.45, 2.75) is 45.9 Å². The molecular formula is C23H23ClN2O2S. The first-order valence-electron chi connectivity index (χ1n) is 9.69. The van der Waals surface area contributed by atoms with Crippen LogP contribution in [-0.2, 0) is 13.2 Å². The van der Waals surface area contributed by atoms with Crippen LogP contribution in [-0.4, -0.2) is 21.8 Å². The van der Waals surface area contributed by atoms with Gasteiger partial charge in [0.1, 0.15) is 17.4 Å². The second-order valence-electron chi connectivity index (χ2n) is 7.52. The first-order chi connectivity index (χ1) is 14.0. The summed E-state index contributed by atoms with van der Waals surface area (Å²) in [5.41, 5.74) is 3.93. The van der Waals surface area contributed by atoms with Gasteiger partial charge in [0.15, 0.2) is 0 Å². The highest BCUT2D eigenvalue weighted by atomic mass is 35.5. The predicted molar refractivity (Wildman–Crippen MR) is 117 cm³/mol. The zero-order valence-electron chi connectivity index (χ0n) is 16.5. The predicted octanol–water partition coefficient (Wildman–Crippen LogP) is 5.80. The van der Waals surface area contributed by atoms with Crippen molar-refractivity contribution in [3.63, 3.8) is 0 Å². The molecule has 0 saturated heterocycles. The van der Waals surface area contributed by atoms with Crippen molar-refractivity contribution < 1.29 is 9.53 Å². The van der Waals surface area contributed by atoms with Crippen molar-refractivity contribution in [3.8, 4) is 5.75 Å². The molecule has 1 aliphatic carbocycles. The van der Waals surface area contributed by atoms with Crippen LogP contribution in [0.1, 0.15) is 45.0 Å². The van der Waals surface area contributed by atoms with E-state index in [0.717, 1.165) is 29.3 Å². The van der Waals surface area contributed by atoms with Gasteiger partial charge in [-0.15, -0.1) is 11.3 Å². The van der Waals surface area contributed by atoms with E-state index in [1.807, 2.05) is 22.4 Å². The lowest BCUT2D eigenvalue weighted by molar-refractivity contribution is 0.0728. The third-order valence-electron chi connectivity index (χ3n) is 4.83. The molecule has 1 fully saturated rings. The van der Waals surface area contributed by atoms with Crippen LogP contribution in [0.3, 0.4) is 0 Å². The number of hydrogen-bond acceptors (Lipinski definition) is 4. The van der Waals surface area contributed by atoms with Gasteiger partial charge in [-0.1, -0.05) is 17.7 Å². The quantitative estimate of drug-likeness (QED) is 0.479. The summed E-state index contributed by atoms with van der Waals surface area (Å²) in [6.45, 7) is 5.07. The Morgan fingerprint density at radius 2 is 1.86 bits per heavy atom. The number of aromatic nitrogens is 1. The minimum Gasteiger partial charge on any atom is -0.486 e. The molecule has 0 bridgehead atoms. The highest BCUT2D eigenvalue weighted by molar-refractivity contribution is 7.09. The number of thiazole rings is 1. The smallest absolute Gasteiger partial charge is 0.254 e. The Bertz CT molecular complexity index is 992. The Balaban J connectivity index is 1.41. The van der Waals surface area contributed by atoms with Crippen molar-refractivity contribution in [2.24, 2.45) is 0 Å². The van der Waals surface area contributed by atoms with Crippen molar-refractivity contribution in [1.82, 2.24) is 9.88 Å². The molecule has 0 spiro atoms. The van der Waals surface area contributed by atoms with Crippen LogP contribution in [0.5, 0.6) is 5.75 Å². The maximum atomic E-state index is 13.0. The number of hydrogen-bond donors (Lipinski definition) is 0. The Kier molecular flexibility index (Phi) is 5.88. The molecule has 0 radical (unpaired) electrons. The van der Waals surface area contributed by atoms with Gasteiger partial charge < -0.3 is 9.64 Å². The number of benzene rings is 2. The standard InChI is InChI=1S/C23H23ClN2O2S/c1-15-9-16(2)11-21(10-15)28-13-22-25-19(14-29-22)12-26(20-7-8-20)23(27)17-3-5-18(24)6-4-17/h3-6,9-11,14,20H,7-8,12-13H2,1-2H3. The average Bonchev–Trinajstić information content (AvgIpc) is 3.43. The zero-order chi connectivity index (χ0) is 20.4. The van der Waals surface area contributed by atoms with E-state index in [2.05, 4.69) is 24.9 Å². The normalized spacial score (nSPS) is 13.3. The van der Waals surface area contributed by atoms with Gasteiger partial charge in [0, 0.05) is 22.0 Å². The monoisotopic (exact) mass is 426 g/mol. The lowest BCUT2D eigenvalue weighted by Gasteiger charge is -2.21. The van der Waals surface area contributed by atoms with E-state index < -0.39 is 0 Å². The molecule has 4 nitrogen and oxygen atoms in total. The molecule has 0 N–H and O–H groups in total. The molecule has 150 valence electrons. The first-order valence-corrected chi connectivity index (χ1v) is 10.9. The summed E-state index contributed by atoms with van der Waals surface area (Å²) in [5, 5.41) is 3.56. The van der Waals surface area contributed by atoms with Gasteiger partial charge in [0.25, 0.3) is 5.91 Å². The summed E-state index contributed by atoms with van der Waals surface area (Å²) >= 11 is 7.52. The minimum atomic E-state index is 0.0326. The molecule has 1 aliphatic rings. The van der Waals surface area contributed by atoms with Crippen LogP contribution in [0, 0.1) is 13.8 Å². The van der Waals surface area contributed by atoms with E-state index in [1.54, 1.807) is 35.6 Å². The van der Waals surface area contributed by atoms with Gasteiger partial charge in [-0.3, -0.25) is 4.79 Å². The van der Waals surface area contributed by atoms with Gasteiger partial charge >= 0.3 is 0 Å². The summed E-state index contributed by atoms with van der Waals surface area (Å²) < 4.78 is 5.91. The van der Waals surface area contributed by atoms with Gasteiger partial charge in [-0.2, -0.15) is 0 Å². The number of halogens is 1. The number of aryl methyl sites for hydroxylation is 2. The van der Waals surface area contributed by atoms with E-state index in [-0.39, 0.29) is 5.91 Å². The SMILES string of the molecule is Cc1cc(C)cc(OCc2nc(CN(C(=O)c3ccc(Cl)cc3)C3CC3)cs2)c1. The topological polar surface area (TPSA) is 42.4 Å². The van der Waals surface area contributed by atoms with E-state index in [1.165, 1.54) is 11.1 Å². The number of nitrogens with zero attached hydrogens (tertiary/aromatic N) is 2. The number of amides is 1. The summed E-state index contributed by atoms with van der Waals surface area (Å²) in [7, 11) is 0. The Morgan fingerprint density at radius 1 is 1.17 bits per heavy atom. The van der Waals surface area contributed by atoms with Crippen molar-refractivity contribution >= 4 is 28.8 Å². The third-order valence-corrected chi connectivity index (χ3v) is 5.95. The molecule has 1 aromatic heterocycles. The Hall–Kier alpha value is -2.37. The second kappa shape index (κ2) is 8.56. The van der Waals surface area contributed by atoms with E-state index in [0.29, 0.717) is 29.8 Å². The van der Waals surface area contributed by atoms with E-state index in [9.17, 15) is 4.79 Å². The summed E-state index contributed by atoms with van der Waals surface area (Å²) in [5.74, 6) is 0.891. The number of carbonyl (C=O) groups is 1. The number of rotatable bonds is 7. The van der Waals surface area contributed by atoms with Crippen molar-refractivity contribution in [2.75, 3.05) is 0 Å². The van der Waals surface area contributed by atoms with Gasteiger partial charge in [-0.25, -0.2) is 4.98 Å². The molecule has 0 atom stereocenters. The minimum absolute atomic E-state index is 0.0326. The zero-order valence-corrected chi connectivity index (χ0v) is 18.1. The molecule has 0 unspecified atom stereocenters. The lowest BCUT2D eigenvalue weighted by Crippen LogP contribution is -2.32. The van der Waals surface area contributed by atoms with Crippen LogP contribution < -0.4 is 4.74 Å². The largest absolute Gasteiger partial charge is 0.486 e. The van der Waals surface area contributed by atoms with Crippen molar-refractivity contribution in [3.05, 3.63) is 80.3 Å². The van der Waals surface area contributed by atoms with Crippen LogP contribution >= 0.6 is 22.9 Å². The fourth-order valence-corrected chi connectivity index (χ4v) is 4.16. The highest BCUT2D eigenvalue weighted by Crippen LogP contribution is 2.30. The Morgan fingerprint density at radius 3 is 2.52 bits per heavy atom. The van der Waals surface area contributed by atoms with Gasteiger partial charge in [0.2, 0.25) is 0 Å². The summed E-state index contributed by atoms with van der Waals surface area (Å²) in [6, 6.07) is 13.6. The van der Waals surface area contributed by atoms with E-state index >= 15 is 0 Å². The third kappa shape index (κ3) is 5.17. The van der Waals surface area contributed by atoms with Crippen LogP contribution in [0.2, 0.25) is 5.02 Å². The maximum Gasteiger partial charge on any atom is 0.254 e. The molecule has 29 heavy (non-hydrogen) atoms. The fraction of sp³-hybridized carbons (Fsp3) is 0.304. The molecule has 6 heteroatoms. The molecular weight excluding hydrogens is 404 g/mol. The Labute approximate surface area is 180 Å². The molecule has 2 aromatic carbocycles. The van der Waals surface area contributed by atoms with Gasteiger partial charge in [-0.05, 0) is 74.2 Å². The maximum absolute atomic E-state index is 13.0. The van der Waals surface area contributed by atoms with Crippen LogP contribution in [0.4, 0.5) is 0 Å². The van der Waals surface area contributed by atoms with Crippen LogP contribution in [0.25, 0.3) is 0 Å². The molecule has 3 aromatic rings. The molecule has 1 heterocycles. The molecule has 1 saturated carbocycles. The highest BCUT2D eigenvalue weighted by Gasteiger charge is 2.33. The lowest BCUT2D eigenvalue weighted by atomic mass is 10.1. The molecule has 1 amide bonds. The average molecular weight is 427 g/mol. The summed E-state index contributed by atoms with van der Waals surface area (Å²) in [6.07, 6.45) is 2.10. The second-order valence-corrected chi connectivity index (χ2v) is 8.89. The number of carbonyl (C=O) groups excluding carboxylic acids is 1. The van der Waals surface area contributed by atoms with Crippen LogP contribution in [0.15, 0.2) is 47.8 Å². The first kappa shape index (κ1) is 19.9. The van der Waals surface area contributed by atoms with Gasteiger partial charge in [0.05, 0.1) is 12.2 Å². The van der Waals surface area contributed by atoms with Crippen molar-refractivity contribution in [1.29, 1.82) is 0 Å². The summed E-state index contributed by atoms with van der Waals surface area (Å²) in [4.78, 5) is 19.6. The molecule has 4 rings (SSSR count). The van der Waals surface area contributed by atoms with E-state index in [4.69, 9.17) is 16.3 Å². The molecule has 0 aliphatic heterocycles. The fourth-order valence-electron chi connectivity index (χ4n) is 3.33.